The number of epoxide rings is 1. The van der Waals surface area contributed by atoms with Gasteiger partial charge in [-0.15, -0.1) is 0 Å². The standard InChI is InChI=1S/C34H57NO6/c1-8-10-11-12-13-14-19-36-24-33(9-2)25-39-34(40-26-33)22-31(4,5)35(32(6,7)23-34)41-27(3)28-15-17-29(18-16-28)37-20-30-21-38-30/h15-18,27,30H,8-14,19-26H2,1-7H3. The Morgan fingerprint density at radius 1 is 0.902 bits per heavy atom. The Bertz CT molecular complexity index is 900. The summed E-state index contributed by atoms with van der Waals surface area (Å²) in [6.07, 6.45) is 10.3. The van der Waals surface area contributed by atoms with Crippen LogP contribution in [0, 0.1) is 5.41 Å². The van der Waals surface area contributed by atoms with Gasteiger partial charge >= 0.3 is 0 Å². The van der Waals surface area contributed by atoms with E-state index in [1.54, 1.807) is 0 Å². The molecular formula is C34H57NO6. The summed E-state index contributed by atoms with van der Waals surface area (Å²) in [5.41, 5.74) is 0.463. The predicted octanol–water partition coefficient (Wildman–Crippen LogP) is 7.63. The van der Waals surface area contributed by atoms with Crippen LogP contribution in [-0.4, -0.2) is 67.7 Å². The molecule has 0 aliphatic carbocycles. The summed E-state index contributed by atoms with van der Waals surface area (Å²) in [5.74, 6) is 0.248. The summed E-state index contributed by atoms with van der Waals surface area (Å²) in [4.78, 5) is 6.70. The van der Waals surface area contributed by atoms with Crippen LogP contribution in [0.25, 0.3) is 0 Å². The molecule has 3 fully saturated rings. The van der Waals surface area contributed by atoms with Crippen LogP contribution in [0.15, 0.2) is 24.3 Å². The van der Waals surface area contributed by atoms with E-state index >= 15 is 0 Å². The number of nitrogens with zero attached hydrogens (tertiary/aromatic N) is 1. The maximum atomic E-state index is 6.70. The van der Waals surface area contributed by atoms with E-state index in [1.807, 2.05) is 12.1 Å². The molecule has 1 aromatic carbocycles. The molecule has 0 N–H and O–H groups in total. The lowest BCUT2D eigenvalue weighted by Gasteiger charge is -2.60. The Morgan fingerprint density at radius 3 is 2.10 bits per heavy atom. The van der Waals surface area contributed by atoms with Crippen LogP contribution in [0.3, 0.4) is 0 Å². The Kier molecular flexibility index (Phi) is 11.2. The zero-order valence-corrected chi connectivity index (χ0v) is 27.0. The molecule has 2 atom stereocenters. The monoisotopic (exact) mass is 575 g/mol. The van der Waals surface area contributed by atoms with Gasteiger partial charge in [0.05, 0.1) is 26.4 Å². The van der Waals surface area contributed by atoms with Crippen molar-refractivity contribution in [3.8, 4) is 5.75 Å². The summed E-state index contributed by atoms with van der Waals surface area (Å²) in [5, 5.41) is 2.18. The number of piperidine rings is 1. The molecule has 0 saturated carbocycles. The van der Waals surface area contributed by atoms with E-state index in [4.69, 9.17) is 28.5 Å². The fourth-order valence-corrected chi connectivity index (χ4v) is 6.56. The van der Waals surface area contributed by atoms with Gasteiger partial charge in [-0.3, -0.25) is 4.84 Å². The second-order valence-electron chi connectivity index (χ2n) is 14.0. The van der Waals surface area contributed by atoms with Gasteiger partial charge in [0.2, 0.25) is 0 Å². The van der Waals surface area contributed by atoms with E-state index in [2.05, 4.69) is 65.7 Å². The molecule has 0 radical (unpaired) electrons. The molecule has 3 heterocycles. The molecule has 2 unspecified atom stereocenters. The van der Waals surface area contributed by atoms with Crippen molar-refractivity contribution in [3.05, 3.63) is 29.8 Å². The topological polar surface area (TPSA) is 61.9 Å². The van der Waals surface area contributed by atoms with E-state index < -0.39 is 5.79 Å². The summed E-state index contributed by atoms with van der Waals surface area (Å²) in [7, 11) is 0. The van der Waals surface area contributed by atoms with E-state index in [1.165, 1.54) is 32.1 Å². The zero-order chi connectivity index (χ0) is 29.6. The number of hydrogen-bond donors (Lipinski definition) is 0. The maximum absolute atomic E-state index is 6.70. The molecule has 1 aromatic rings. The maximum Gasteiger partial charge on any atom is 0.171 e. The molecule has 3 aliphatic heterocycles. The van der Waals surface area contributed by atoms with Gasteiger partial charge in [-0.1, -0.05) is 58.1 Å². The molecule has 0 aromatic heterocycles. The van der Waals surface area contributed by atoms with Crippen molar-refractivity contribution in [2.75, 3.05) is 39.6 Å². The molecule has 1 spiro atoms. The van der Waals surface area contributed by atoms with Gasteiger partial charge in [0.15, 0.2) is 5.79 Å². The van der Waals surface area contributed by atoms with Crippen LogP contribution in [0.5, 0.6) is 5.75 Å². The van der Waals surface area contributed by atoms with Gasteiger partial charge in [0.25, 0.3) is 0 Å². The molecule has 0 amide bonds. The third-order valence-corrected chi connectivity index (χ3v) is 9.04. The SMILES string of the molecule is CCCCCCCCOCC1(CC)COC2(CC(C)(C)N(OC(C)c3ccc(OCC4CO4)cc3)C(C)(C)C2)OC1. The number of hydroxylamine groups is 2. The largest absolute Gasteiger partial charge is 0.491 e. The molecule has 41 heavy (non-hydrogen) atoms. The van der Waals surface area contributed by atoms with Gasteiger partial charge in [-0.25, -0.2) is 0 Å². The molecule has 7 heteroatoms. The number of hydrogen-bond acceptors (Lipinski definition) is 7. The van der Waals surface area contributed by atoms with Crippen molar-refractivity contribution in [2.24, 2.45) is 5.41 Å². The molecule has 234 valence electrons. The lowest BCUT2D eigenvalue weighted by Crippen LogP contribution is -2.68. The smallest absolute Gasteiger partial charge is 0.171 e. The highest BCUT2D eigenvalue weighted by molar-refractivity contribution is 5.28. The van der Waals surface area contributed by atoms with E-state index in [0.717, 1.165) is 50.2 Å². The van der Waals surface area contributed by atoms with Crippen LogP contribution in [0.2, 0.25) is 0 Å². The minimum absolute atomic E-state index is 0.0779. The molecule has 3 saturated heterocycles. The molecule has 4 rings (SSSR count). The summed E-state index contributed by atoms with van der Waals surface area (Å²) in [6.45, 7) is 19.8. The lowest BCUT2D eigenvalue weighted by molar-refractivity contribution is -0.391. The van der Waals surface area contributed by atoms with Crippen molar-refractivity contribution in [2.45, 2.75) is 135 Å². The molecular weight excluding hydrogens is 518 g/mol. The normalized spacial score (nSPS) is 25.2. The molecule has 7 nitrogen and oxygen atoms in total. The predicted molar refractivity (Wildman–Crippen MR) is 162 cm³/mol. The van der Waals surface area contributed by atoms with Crippen LogP contribution in [0.1, 0.15) is 118 Å². The first-order chi connectivity index (χ1) is 19.5. The van der Waals surface area contributed by atoms with Crippen molar-refractivity contribution >= 4 is 0 Å². The van der Waals surface area contributed by atoms with Crippen molar-refractivity contribution in [1.29, 1.82) is 0 Å². The van der Waals surface area contributed by atoms with E-state index in [-0.39, 0.29) is 28.7 Å². The van der Waals surface area contributed by atoms with Crippen molar-refractivity contribution in [3.63, 3.8) is 0 Å². The second-order valence-corrected chi connectivity index (χ2v) is 14.0. The Hall–Kier alpha value is -1.22. The van der Waals surface area contributed by atoms with E-state index in [0.29, 0.717) is 26.4 Å². The third kappa shape index (κ3) is 8.90. The minimum Gasteiger partial charge on any atom is -0.491 e. The number of ether oxygens (including phenoxy) is 5. The average Bonchev–Trinajstić information content (AvgIpc) is 3.77. The highest BCUT2D eigenvalue weighted by Gasteiger charge is 2.57. The highest BCUT2D eigenvalue weighted by Crippen LogP contribution is 2.50. The van der Waals surface area contributed by atoms with Gasteiger partial charge in [0, 0.05) is 35.9 Å². The van der Waals surface area contributed by atoms with Gasteiger partial charge in [-0.2, -0.15) is 5.06 Å². The first-order valence-electron chi connectivity index (χ1n) is 16.2. The highest BCUT2D eigenvalue weighted by atomic mass is 16.7. The number of rotatable bonds is 16. The van der Waals surface area contributed by atoms with Crippen LogP contribution < -0.4 is 4.74 Å². The molecule has 0 bridgehead atoms. The van der Waals surface area contributed by atoms with Crippen molar-refractivity contribution < 1.29 is 28.5 Å². The Morgan fingerprint density at radius 2 is 1.51 bits per heavy atom. The summed E-state index contributed by atoms with van der Waals surface area (Å²) < 4.78 is 30.6. The van der Waals surface area contributed by atoms with Gasteiger partial charge in [0.1, 0.15) is 24.6 Å². The van der Waals surface area contributed by atoms with Crippen molar-refractivity contribution in [1.82, 2.24) is 5.06 Å². The van der Waals surface area contributed by atoms with E-state index in [9.17, 15) is 0 Å². The second kappa shape index (κ2) is 14.0. The zero-order valence-electron chi connectivity index (χ0n) is 27.0. The first-order valence-corrected chi connectivity index (χ1v) is 16.2. The number of benzene rings is 1. The lowest BCUT2D eigenvalue weighted by atomic mass is 9.76. The fourth-order valence-electron chi connectivity index (χ4n) is 6.56. The Balaban J connectivity index is 1.29. The van der Waals surface area contributed by atoms with Gasteiger partial charge in [-0.05, 0) is 65.2 Å². The third-order valence-electron chi connectivity index (χ3n) is 9.04. The fraction of sp³-hybridized carbons (Fsp3) is 0.824. The quantitative estimate of drug-likeness (QED) is 0.148. The summed E-state index contributed by atoms with van der Waals surface area (Å²) >= 11 is 0. The van der Waals surface area contributed by atoms with Crippen LogP contribution in [0.4, 0.5) is 0 Å². The first kappa shape index (κ1) is 32.7. The Labute approximate surface area is 249 Å². The van der Waals surface area contributed by atoms with Crippen LogP contribution >= 0.6 is 0 Å². The number of unbranched alkanes of at least 4 members (excludes halogenated alkanes) is 5. The van der Waals surface area contributed by atoms with Gasteiger partial charge < -0.3 is 23.7 Å². The minimum atomic E-state index is -0.613. The van der Waals surface area contributed by atoms with Crippen LogP contribution in [-0.2, 0) is 23.8 Å². The molecule has 3 aliphatic rings. The average molecular weight is 576 g/mol. The summed E-state index contributed by atoms with van der Waals surface area (Å²) in [6, 6.07) is 8.21.